The highest BCUT2D eigenvalue weighted by atomic mass is 16.5. The third-order valence-corrected chi connectivity index (χ3v) is 7.23. The topological polar surface area (TPSA) is 59.6 Å². The molecule has 1 aromatic heterocycles. The number of aromatic hydroxyl groups is 1. The van der Waals surface area contributed by atoms with Crippen molar-refractivity contribution in [2.45, 2.75) is 31.4 Å². The summed E-state index contributed by atoms with van der Waals surface area (Å²) >= 11 is 0. The predicted molar refractivity (Wildman–Crippen MR) is 143 cm³/mol. The van der Waals surface area contributed by atoms with Gasteiger partial charge in [0.05, 0.1) is 22.6 Å². The highest BCUT2D eigenvalue weighted by molar-refractivity contribution is 6.00. The quantitative estimate of drug-likeness (QED) is 0.315. The summed E-state index contributed by atoms with van der Waals surface area (Å²) in [5.74, 6) is 1.66. The van der Waals surface area contributed by atoms with Crippen LogP contribution in [0, 0.1) is 0 Å². The van der Waals surface area contributed by atoms with Gasteiger partial charge >= 0.3 is 0 Å². The number of aromatic nitrogens is 2. The minimum atomic E-state index is 0.204. The number of para-hydroxylation sites is 3. The van der Waals surface area contributed by atoms with Gasteiger partial charge in [-0.2, -0.15) is 0 Å². The van der Waals surface area contributed by atoms with Crippen molar-refractivity contribution in [2.75, 3.05) is 0 Å². The first-order valence-electron chi connectivity index (χ1n) is 12.5. The number of nitrogens with zero attached hydrogens (tertiary/aromatic N) is 3. The van der Waals surface area contributed by atoms with Crippen LogP contribution in [0.25, 0.3) is 39.2 Å². The summed E-state index contributed by atoms with van der Waals surface area (Å²) < 4.78 is 8.32. The number of aliphatic imine (C=N–C) groups is 1. The van der Waals surface area contributed by atoms with E-state index in [0.29, 0.717) is 17.4 Å². The summed E-state index contributed by atoms with van der Waals surface area (Å²) in [4.78, 5) is 9.98. The molecule has 1 N–H and O–H groups in total. The van der Waals surface area contributed by atoms with Gasteiger partial charge in [-0.3, -0.25) is 4.57 Å². The van der Waals surface area contributed by atoms with E-state index in [2.05, 4.69) is 59.2 Å². The third-order valence-electron chi connectivity index (χ3n) is 7.23. The van der Waals surface area contributed by atoms with E-state index in [9.17, 15) is 5.11 Å². The minimum absolute atomic E-state index is 0.204. The van der Waals surface area contributed by atoms with Crippen LogP contribution in [-0.4, -0.2) is 32.7 Å². The van der Waals surface area contributed by atoms with Crippen LogP contribution in [-0.2, 0) is 4.74 Å². The fourth-order valence-electron chi connectivity index (χ4n) is 5.49. The number of fused-ring (bicyclic) bond motifs is 2. The Bertz CT molecular complexity index is 1620. The summed E-state index contributed by atoms with van der Waals surface area (Å²) in [6.45, 7) is 0. The first kappa shape index (κ1) is 20.9. The molecule has 0 spiro atoms. The molecule has 176 valence electrons. The maximum Gasteiger partial charge on any atom is 0.216 e. The van der Waals surface area contributed by atoms with Crippen molar-refractivity contribution in [3.05, 3.63) is 103 Å². The predicted octanol–water partition coefficient (Wildman–Crippen LogP) is 6.76. The normalized spacial score (nSPS) is 18.7. The fraction of sp³-hybridized carbons (Fsp3) is 0.161. The maximum atomic E-state index is 10.7. The summed E-state index contributed by atoms with van der Waals surface area (Å²) in [5.41, 5.74) is 6.63. The SMILES string of the molecule is Oc1ccccc1-c1nc2c(-c3cccc(C4=N[C@H]5CCC[C@H]5O4)c3)cccc2n1-c1ccccc1. The average molecular weight is 472 g/mol. The first-order chi connectivity index (χ1) is 17.8. The fourth-order valence-corrected chi connectivity index (χ4v) is 5.49. The van der Waals surface area contributed by atoms with E-state index in [4.69, 9.17) is 14.7 Å². The molecule has 5 heteroatoms. The summed E-state index contributed by atoms with van der Waals surface area (Å²) in [6.07, 6.45) is 3.62. The zero-order chi connectivity index (χ0) is 24.1. The Balaban J connectivity index is 1.41. The van der Waals surface area contributed by atoms with Crippen molar-refractivity contribution < 1.29 is 9.84 Å². The Kier molecular flexibility index (Phi) is 4.88. The molecule has 0 amide bonds. The molecule has 1 aliphatic heterocycles. The van der Waals surface area contributed by atoms with Crippen LogP contribution >= 0.6 is 0 Å². The third kappa shape index (κ3) is 3.39. The number of ether oxygens (including phenoxy) is 1. The van der Waals surface area contributed by atoms with Crippen LogP contribution < -0.4 is 0 Å². The molecule has 0 radical (unpaired) electrons. The Hall–Kier alpha value is -4.38. The van der Waals surface area contributed by atoms with Gasteiger partial charge in [0.25, 0.3) is 0 Å². The highest BCUT2D eigenvalue weighted by Crippen LogP contribution is 2.38. The minimum Gasteiger partial charge on any atom is -0.507 e. The van der Waals surface area contributed by atoms with Crippen molar-refractivity contribution in [1.29, 1.82) is 0 Å². The molecule has 0 unspecified atom stereocenters. The molecule has 1 fully saturated rings. The molecule has 7 rings (SSSR count). The smallest absolute Gasteiger partial charge is 0.216 e. The van der Waals surface area contributed by atoms with E-state index < -0.39 is 0 Å². The molecular formula is C31H25N3O2. The van der Waals surface area contributed by atoms with Gasteiger partial charge in [-0.1, -0.05) is 54.6 Å². The van der Waals surface area contributed by atoms with E-state index in [1.807, 2.05) is 36.4 Å². The lowest BCUT2D eigenvalue weighted by molar-refractivity contribution is 0.211. The molecule has 2 atom stereocenters. The summed E-state index contributed by atoms with van der Waals surface area (Å²) in [5, 5.41) is 10.7. The maximum absolute atomic E-state index is 10.7. The highest BCUT2D eigenvalue weighted by Gasteiger charge is 2.35. The first-order valence-corrected chi connectivity index (χ1v) is 12.5. The molecule has 1 aliphatic carbocycles. The molecule has 0 saturated heterocycles. The van der Waals surface area contributed by atoms with E-state index in [1.165, 1.54) is 6.42 Å². The number of hydrogen-bond acceptors (Lipinski definition) is 4. The monoisotopic (exact) mass is 471 g/mol. The Labute approximate surface area is 209 Å². The number of phenolic OH excluding ortho intramolecular Hbond substituents is 1. The lowest BCUT2D eigenvalue weighted by Crippen LogP contribution is -2.15. The zero-order valence-electron chi connectivity index (χ0n) is 19.7. The van der Waals surface area contributed by atoms with E-state index in [-0.39, 0.29) is 11.9 Å². The van der Waals surface area contributed by atoms with Gasteiger partial charge in [-0.25, -0.2) is 9.98 Å². The van der Waals surface area contributed by atoms with E-state index >= 15 is 0 Å². The van der Waals surface area contributed by atoms with Crippen LogP contribution in [0.5, 0.6) is 5.75 Å². The van der Waals surface area contributed by atoms with Crippen molar-refractivity contribution in [3.63, 3.8) is 0 Å². The Morgan fingerprint density at radius 1 is 0.778 bits per heavy atom. The average Bonchev–Trinajstić information content (AvgIpc) is 3.63. The standard InChI is InChI=1S/C31H25N3O2/c35-27-17-5-4-13-24(27)30-33-29-23(14-7-16-26(29)34(30)22-11-2-1-3-12-22)20-9-6-10-21(19-20)31-32-25-15-8-18-28(25)36-31/h1-7,9-14,16-17,19,25,28,35H,8,15,18H2/t25-,28+/m0/s1. The Morgan fingerprint density at radius 3 is 2.42 bits per heavy atom. The molecule has 2 aliphatic rings. The van der Waals surface area contributed by atoms with Crippen LogP contribution in [0.1, 0.15) is 24.8 Å². The van der Waals surface area contributed by atoms with Gasteiger partial charge in [0.2, 0.25) is 5.90 Å². The number of benzene rings is 4. The number of rotatable bonds is 4. The molecule has 1 saturated carbocycles. The van der Waals surface area contributed by atoms with Gasteiger partial charge in [-0.05, 0) is 67.3 Å². The number of imidazole rings is 1. The molecule has 4 aromatic carbocycles. The van der Waals surface area contributed by atoms with Gasteiger partial charge in [0.15, 0.2) is 0 Å². The van der Waals surface area contributed by atoms with E-state index in [0.717, 1.165) is 52.2 Å². The second-order valence-corrected chi connectivity index (χ2v) is 9.47. The van der Waals surface area contributed by atoms with Crippen LogP contribution in [0.2, 0.25) is 0 Å². The number of phenols is 1. The Morgan fingerprint density at radius 2 is 1.56 bits per heavy atom. The molecule has 5 aromatic rings. The molecule has 2 heterocycles. The van der Waals surface area contributed by atoms with E-state index in [1.54, 1.807) is 6.07 Å². The second kappa shape index (κ2) is 8.38. The molecule has 5 nitrogen and oxygen atoms in total. The lowest BCUT2D eigenvalue weighted by Gasteiger charge is -2.11. The molecule has 36 heavy (non-hydrogen) atoms. The van der Waals surface area contributed by atoms with Crippen molar-refractivity contribution in [1.82, 2.24) is 9.55 Å². The zero-order valence-corrected chi connectivity index (χ0v) is 19.7. The van der Waals surface area contributed by atoms with Gasteiger partial charge in [0, 0.05) is 16.8 Å². The summed E-state index contributed by atoms with van der Waals surface area (Å²) in [6, 6.07) is 32.4. The summed E-state index contributed by atoms with van der Waals surface area (Å²) in [7, 11) is 0. The molecular weight excluding hydrogens is 446 g/mol. The van der Waals surface area contributed by atoms with Crippen molar-refractivity contribution >= 4 is 16.9 Å². The largest absolute Gasteiger partial charge is 0.507 e. The van der Waals surface area contributed by atoms with Gasteiger partial charge in [0.1, 0.15) is 17.7 Å². The van der Waals surface area contributed by atoms with Gasteiger partial charge in [-0.15, -0.1) is 0 Å². The van der Waals surface area contributed by atoms with Crippen LogP contribution in [0.3, 0.4) is 0 Å². The second-order valence-electron chi connectivity index (χ2n) is 9.47. The van der Waals surface area contributed by atoms with Crippen LogP contribution in [0.15, 0.2) is 102 Å². The van der Waals surface area contributed by atoms with Gasteiger partial charge < -0.3 is 9.84 Å². The van der Waals surface area contributed by atoms with Crippen molar-refractivity contribution in [2.24, 2.45) is 4.99 Å². The van der Waals surface area contributed by atoms with Crippen LogP contribution in [0.4, 0.5) is 0 Å². The van der Waals surface area contributed by atoms with Crippen molar-refractivity contribution in [3.8, 4) is 34.0 Å². The number of hydrogen-bond donors (Lipinski definition) is 1. The molecule has 0 bridgehead atoms. The lowest BCUT2D eigenvalue weighted by atomic mass is 10.0.